The van der Waals surface area contributed by atoms with E-state index in [0.29, 0.717) is 38.0 Å². The molecule has 0 aliphatic carbocycles. The standard InChI is InChI=1S/C22H21BrF2N2O3.C13H15BrFNO/c1-5-13-9-20(28)14-7-6-12(23)8-18(14)27(13)19-11-17(15(24)10-16(19)25)26-21(29)30-22(2,3)4;1-4-10(16(2)3)8-13(17)11-6-5-9(14)7-12(11)15/h6-11H,5H2,1-4H3,(H,26,29);5-8H,4H2,1-3H3/b;10-8+. The monoisotopic (exact) mass is 777 g/mol. The van der Waals surface area contributed by atoms with Crippen LogP contribution in [0.5, 0.6) is 0 Å². The third kappa shape index (κ3) is 9.80. The fraction of sp³-hybridized carbons (Fsp3) is 0.286. The summed E-state index contributed by atoms with van der Waals surface area (Å²) >= 11 is 6.53. The summed E-state index contributed by atoms with van der Waals surface area (Å²) in [5.41, 5.74) is 0.771. The summed E-state index contributed by atoms with van der Waals surface area (Å²) in [7, 11) is 3.72. The fourth-order valence-electron chi connectivity index (χ4n) is 4.58. The number of rotatable bonds is 7. The molecule has 1 heterocycles. The van der Waals surface area contributed by atoms with Gasteiger partial charge in [0.05, 0.1) is 22.5 Å². The third-order valence-electron chi connectivity index (χ3n) is 6.76. The Labute approximate surface area is 288 Å². The van der Waals surface area contributed by atoms with E-state index in [1.165, 1.54) is 30.3 Å². The molecule has 3 aromatic carbocycles. The first kappa shape index (κ1) is 37.6. The van der Waals surface area contributed by atoms with Gasteiger partial charge in [-0.15, -0.1) is 0 Å². The molecule has 47 heavy (non-hydrogen) atoms. The molecule has 0 saturated heterocycles. The molecule has 1 aromatic heterocycles. The van der Waals surface area contributed by atoms with E-state index in [1.807, 2.05) is 32.8 Å². The van der Waals surface area contributed by atoms with Crippen molar-refractivity contribution in [1.29, 1.82) is 0 Å². The Kier molecular flexibility index (Phi) is 12.6. The minimum atomic E-state index is -0.938. The van der Waals surface area contributed by atoms with E-state index in [4.69, 9.17) is 4.74 Å². The van der Waals surface area contributed by atoms with Crippen LogP contribution >= 0.6 is 31.9 Å². The SMILES string of the molecule is CC/C(=C\C(=O)c1ccc(Br)cc1F)N(C)C.CCc1cc(=O)c2ccc(Br)cc2n1-c1cc(NC(=O)OC(C)(C)C)c(F)cc1F. The van der Waals surface area contributed by atoms with Gasteiger partial charge in [0.1, 0.15) is 23.1 Å². The summed E-state index contributed by atoms with van der Waals surface area (Å²) in [6.07, 6.45) is 1.79. The Bertz CT molecular complexity index is 1900. The Morgan fingerprint density at radius 2 is 1.55 bits per heavy atom. The molecular formula is C35H36Br2F3N3O4. The van der Waals surface area contributed by atoms with Crippen molar-refractivity contribution in [1.82, 2.24) is 9.47 Å². The summed E-state index contributed by atoms with van der Waals surface area (Å²) in [5.74, 6) is -2.58. The molecule has 4 aromatic rings. The van der Waals surface area contributed by atoms with Gasteiger partial charge in [0.25, 0.3) is 0 Å². The number of fused-ring (bicyclic) bond motifs is 1. The highest BCUT2D eigenvalue weighted by Gasteiger charge is 2.21. The maximum absolute atomic E-state index is 14.9. The quantitative estimate of drug-likeness (QED) is 0.149. The van der Waals surface area contributed by atoms with Crippen LogP contribution in [0.25, 0.3) is 16.6 Å². The van der Waals surface area contributed by atoms with Crippen molar-refractivity contribution in [3.8, 4) is 5.69 Å². The van der Waals surface area contributed by atoms with Crippen molar-refractivity contribution in [2.45, 2.75) is 53.1 Å². The molecule has 12 heteroatoms. The molecule has 0 unspecified atom stereocenters. The van der Waals surface area contributed by atoms with Crippen molar-refractivity contribution in [3.63, 3.8) is 0 Å². The lowest BCUT2D eigenvalue weighted by Gasteiger charge is -2.21. The van der Waals surface area contributed by atoms with Gasteiger partial charge in [0, 0.05) is 58.0 Å². The number of benzene rings is 3. The highest BCUT2D eigenvalue weighted by Crippen LogP contribution is 2.29. The second-order valence-electron chi connectivity index (χ2n) is 11.6. The number of nitrogens with zero attached hydrogens (tertiary/aromatic N) is 2. The maximum Gasteiger partial charge on any atom is 0.412 e. The molecule has 0 aliphatic heterocycles. The van der Waals surface area contributed by atoms with Crippen molar-refractivity contribution < 1.29 is 27.5 Å². The first-order valence-electron chi connectivity index (χ1n) is 14.7. The Morgan fingerprint density at radius 3 is 2.13 bits per heavy atom. The normalized spacial score (nSPS) is 11.5. The number of allylic oxidation sites excluding steroid dienone is 2. The van der Waals surface area contributed by atoms with Gasteiger partial charge in [-0.25, -0.2) is 18.0 Å². The largest absolute Gasteiger partial charge is 0.444 e. The number of halogens is 5. The zero-order chi connectivity index (χ0) is 35.2. The van der Waals surface area contributed by atoms with Crippen molar-refractivity contribution >= 4 is 60.3 Å². The van der Waals surface area contributed by atoms with Crippen LogP contribution < -0.4 is 10.7 Å². The maximum atomic E-state index is 14.9. The predicted molar refractivity (Wildman–Crippen MR) is 187 cm³/mol. The number of carbonyl (C=O) groups excluding carboxylic acids is 2. The number of amides is 1. The van der Waals surface area contributed by atoms with Gasteiger partial charge in [-0.2, -0.15) is 0 Å². The van der Waals surface area contributed by atoms with E-state index in [-0.39, 0.29) is 28.2 Å². The highest BCUT2D eigenvalue weighted by molar-refractivity contribution is 9.10. The number of carbonyl (C=O) groups is 2. The molecule has 4 rings (SSSR count). The topological polar surface area (TPSA) is 80.6 Å². The first-order valence-corrected chi connectivity index (χ1v) is 16.2. The molecule has 0 fully saturated rings. The average Bonchev–Trinajstić information content (AvgIpc) is 2.96. The highest BCUT2D eigenvalue weighted by atomic mass is 79.9. The molecule has 1 amide bonds. The van der Waals surface area contributed by atoms with Gasteiger partial charge in [0.2, 0.25) is 0 Å². The zero-order valence-electron chi connectivity index (χ0n) is 27.1. The van der Waals surface area contributed by atoms with Crippen LogP contribution in [0.15, 0.2) is 80.1 Å². The number of nitrogens with one attached hydrogen (secondary N) is 1. The van der Waals surface area contributed by atoms with Gasteiger partial charge in [-0.3, -0.25) is 14.9 Å². The molecule has 1 N–H and O–H groups in total. The minimum Gasteiger partial charge on any atom is -0.444 e. The van der Waals surface area contributed by atoms with E-state index >= 15 is 0 Å². The lowest BCUT2D eigenvalue weighted by molar-refractivity contribution is 0.0635. The molecular weight excluding hydrogens is 743 g/mol. The number of anilines is 1. The summed E-state index contributed by atoms with van der Waals surface area (Å²) in [6.45, 7) is 8.82. The van der Waals surface area contributed by atoms with Gasteiger partial charge in [0.15, 0.2) is 11.2 Å². The van der Waals surface area contributed by atoms with Crippen LogP contribution in [0.3, 0.4) is 0 Å². The number of aromatic nitrogens is 1. The van der Waals surface area contributed by atoms with Crippen LogP contribution in [0.2, 0.25) is 0 Å². The van der Waals surface area contributed by atoms with Gasteiger partial charge >= 0.3 is 6.09 Å². The van der Waals surface area contributed by atoms with Crippen molar-refractivity contribution in [2.24, 2.45) is 0 Å². The molecule has 0 bridgehead atoms. The van der Waals surface area contributed by atoms with Gasteiger partial charge in [-0.05, 0) is 76.1 Å². The Morgan fingerprint density at radius 1 is 0.915 bits per heavy atom. The zero-order valence-corrected chi connectivity index (χ0v) is 30.3. The summed E-state index contributed by atoms with van der Waals surface area (Å²) < 4.78 is 50.9. The number of aryl methyl sites for hydroxylation is 1. The van der Waals surface area contributed by atoms with Crippen LogP contribution in [0, 0.1) is 17.5 Å². The van der Waals surface area contributed by atoms with E-state index < -0.39 is 29.1 Å². The first-order chi connectivity index (χ1) is 21.9. The van der Waals surface area contributed by atoms with Crippen LogP contribution in [-0.4, -0.2) is 41.0 Å². The average molecular weight is 779 g/mol. The minimum absolute atomic E-state index is 0.00223. The van der Waals surface area contributed by atoms with Gasteiger partial charge < -0.3 is 14.2 Å². The summed E-state index contributed by atoms with van der Waals surface area (Å²) in [4.78, 5) is 38.3. The van der Waals surface area contributed by atoms with Crippen molar-refractivity contribution in [2.75, 3.05) is 19.4 Å². The third-order valence-corrected chi connectivity index (χ3v) is 7.74. The molecule has 0 atom stereocenters. The van der Waals surface area contributed by atoms with E-state index in [1.54, 1.807) is 49.6 Å². The number of hydrogen-bond acceptors (Lipinski definition) is 5. The molecule has 7 nitrogen and oxygen atoms in total. The van der Waals surface area contributed by atoms with Crippen molar-refractivity contribution in [3.05, 3.63) is 114 Å². The molecule has 0 spiro atoms. The number of hydrogen-bond donors (Lipinski definition) is 1. The number of pyridine rings is 1. The van der Waals surface area contributed by atoms with E-state index in [0.717, 1.165) is 12.1 Å². The van der Waals surface area contributed by atoms with E-state index in [9.17, 15) is 27.6 Å². The molecule has 0 radical (unpaired) electrons. The smallest absolute Gasteiger partial charge is 0.412 e. The Balaban J connectivity index is 0.000000300. The predicted octanol–water partition coefficient (Wildman–Crippen LogP) is 9.57. The lowest BCUT2D eigenvalue weighted by atomic mass is 10.1. The van der Waals surface area contributed by atoms with E-state index in [2.05, 4.69) is 37.2 Å². The second-order valence-corrected chi connectivity index (χ2v) is 13.5. The number of ether oxygens (including phenoxy) is 1. The summed E-state index contributed by atoms with van der Waals surface area (Å²) in [5, 5.41) is 2.71. The van der Waals surface area contributed by atoms with Crippen LogP contribution in [-0.2, 0) is 11.2 Å². The van der Waals surface area contributed by atoms with Gasteiger partial charge in [-0.1, -0.05) is 45.7 Å². The molecule has 0 aliphatic rings. The number of ketones is 1. The summed E-state index contributed by atoms with van der Waals surface area (Å²) in [6, 6.07) is 12.8. The van der Waals surface area contributed by atoms with Crippen LogP contribution in [0.1, 0.15) is 57.1 Å². The molecule has 250 valence electrons. The Hall–Kier alpha value is -3.90. The fourth-order valence-corrected chi connectivity index (χ4v) is 5.26. The second kappa shape index (κ2) is 15.8. The lowest BCUT2D eigenvalue weighted by Crippen LogP contribution is -2.27. The molecule has 0 saturated carbocycles. The van der Waals surface area contributed by atoms with Crippen LogP contribution in [0.4, 0.5) is 23.7 Å².